The van der Waals surface area contributed by atoms with E-state index in [1.54, 1.807) is 6.20 Å². The number of nitrogens with one attached hydrogen (secondary N) is 1. The largest absolute Gasteiger partial charge is 0.395 e. The molecule has 0 bridgehead atoms. The van der Waals surface area contributed by atoms with E-state index in [-0.39, 0.29) is 12.3 Å². The number of aliphatic hydroxyl groups is 1. The van der Waals surface area contributed by atoms with E-state index in [9.17, 15) is 4.79 Å². The monoisotopic (exact) mass is 200 g/mol. The first-order chi connectivity index (χ1) is 6.19. The second kappa shape index (κ2) is 4.34. The number of nitrogens with zero attached hydrogens (tertiary/aromatic N) is 1. The Morgan fingerprint density at radius 2 is 2.38 bits per heavy atom. The van der Waals surface area contributed by atoms with Gasteiger partial charge in [0.1, 0.15) is 4.64 Å². The Morgan fingerprint density at radius 3 is 2.92 bits per heavy atom. The van der Waals surface area contributed by atoms with Gasteiger partial charge in [0.2, 0.25) is 0 Å². The quantitative estimate of drug-likeness (QED) is 0.697. The third kappa shape index (κ3) is 2.26. The van der Waals surface area contributed by atoms with Crippen LogP contribution in [0.1, 0.15) is 12.5 Å². The van der Waals surface area contributed by atoms with E-state index in [0.29, 0.717) is 11.2 Å². The van der Waals surface area contributed by atoms with E-state index in [1.165, 1.54) is 4.57 Å². The average molecular weight is 200 g/mol. The third-order valence-electron chi connectivity index (χ3n) is 1.81. The van der Waals surface area contributed by atoms with Crippen molar-refractivity contribution in [2.75, 3.05) is 6.61 Å². The van der Waals surface area contributed by atoms with Gasteiger partial charge in [-0.05, 0) is 6.42 Å². The number of H-pyrrole nitrogens is 1. The Morgan fingerprint density at radius 1 is 1.69 bits per heavy atom. The van der Waals surface area contributed by atoms with Gasteiger partial charge >= 0.3 is 5.69 Å². The molecule has 4 nitrogen and oxygen atoms in total. The highest BCUT2D eigenvalue weighted by Gasteiger charge is 1.98. The lowest BCUT2D eigenvalue weighted by Crippen LogP contribution is -2.24. The van der Waals surface area contributed by atoms with Gasteiger partial charge in [0.05, 0.1) is 13.2 Å². The Balaban J connectivity index is 3.22. The summed E-state index contributed by atoms with van der Waals surface area (Å²) in [6.07, 6.45) is 2.47. The van der Waals surface area contributed by atoms with E-state index in [2.05, 4.69) is 4.98 Å². The molecule has 0 atom stereocenters. The highest BCUT2D eigenvalue weighted by atomic mass is 32.1. The number of hydrogen-bond acceptors (Lipinski definition) is 3. The SMILES string of the molecule is CCc1cn(CCO)c(=O)[nH]c1=S. The molecule has 2 N–H and O–H groups in total. The van der Waals surface area contributed by atoms with Crippen LogP contribution in [0.5, 0.6) is 0 Å². The molecule has 13 heavy (non-hydrogen) atoms. The molecular weight excluding hydrogens is 188 g/mol. The van der Waals surface area contributed by atoms with Crippen LogP contribution in [-0.2, 0) is 13.0 Å². The fraction of sp³-hybridized carbons (Fsp3) is 0.500. The van der Waals surface area contributed by atoms with Gasteiger partial charge in [0.25, 0.3) is 0 Å². The summed E-state index contributed by atoms with van der Waals surface area (Å²) in [5, 5.41) is 8.68. The van der Waals surface area contributed by atoms with Gasteiger partial charge in [-0.2, -0.15) is 0 Å². The molecule has 0 spiro atoms. The van der Waals surface area contributed by atoms with Gasteiger partial charge in [-0.3, -0.25) is 9.55 Å². The Hall–Kier alpha value is -0.940. The van der Waals surface area contributed by atoms with Crippen molar-refractivity contribution in [1.82, 2.24) is 9.55 Å². The molecule has 1 heterocycles. The lowest BCUT2D eigenvalue weighted by Gasteiger charge is -2.04. The van der Waals surface area contributed by atoms with Crippen molar-refractivity contribution in [1.29, 1.82) is 0 Å². The van der Waals surface area contributed by atoms with Crippen molar-refractivity contribution in [3.8, 4) is 0 Å². The van der Waals surface area contributed by atoms with Gasteiger partial charge in [-0.1, -0.05) is 19.1 Å². The minimum atomic E-state index is -0.267. The fourth-order valence-electron chi connectivity index (χ4n) is 1.08. The van der Waals surface area contributed by atoms with Crippen LogP contribution >= 0.6 is 12.2 Å². The molecule has 1 aromatic rings. The molecule has 0 saturated carbocycles. The molecule has 0 saturated heterocycles. The Labute approximate surface area is 80.9 Å². The van der Waals surface area contributed by atoms with Crippen molar-refractivity contribution in [3.05, 3.63) is 26.9 Å². The predicted molar refractivity (Wildman–Crippen MR) is 52.4 cm³/mol. The maximum atomic E-state index is 11.2. The first-order valence-corrected chi connectivity index (χ1v) is 4.53. The maximum Gasteiger partial charge on any atom is 0.326 e. The van der Waals surface area contributed by atoms with Crippen molar-refractivity contribution in [2.24, 2.45) is 0 Å². The zero-order valence-corrected chi connectivity index (χ0v) is 8.23. The van der Waals surface area contributed by atoms with Crippen LogP contribution < -0.4 is 5.69 Å². The molecule has 0 unspecified atom stereocenters. The van der Waals surface area contributed by atoms with Crippen molar-refractivity contribution >= 4 is 12.2 Å². The van der Waals surface area contributed by atoms with Crippen molar-refractivity contribution in [2.45, 2.75) is 19.9 Å². The molecule has 0 amide bonds. The molecule has 1 rings (SSSR count). The third-order valence-corrected chi connectivity index (χ3v) is 2.17. The number of aliphatic hydroxyl groups excluding tert-OH is 1. The van der Waals surface area contributed by atoms with Gasteiger partial charge < -0.3 is 5.11 Å². The van der Waals surface area contributed by atoms with Crippen LogP contribution in [0, 0.1) is 4.64 Å². The summed E-state index contributed by atoms with van der Waals surface area (Å²) in [4.78, 5) is 13.8. The van der Waals surface area contributed by atoms with Gasteiger partial charge in [0, 0.05) is 11.8 Å². The van der Waals surface area contributed by atoms with Gasteiger partial charge in [0.15, 0.2) is 0 Å². The highest BCUT2D eigenvalue weighted by Crippen LogP contribution is 1.97. The molecule has 0 radical (unpaired) electrons. The predicted octanol–water partition coefficient (Wildman–Crippen LogP) is 0.461. The number of aryl methyl sites for hydroxylation is 1. The van der Waals surface area contributed by atoms with Crippen molar-refractivity contribution in [3.63, 3.8) is 0 Å². The summed E-state index contributed by atoms with van der Waals surface area (Å²) in [5.41, 5.74) is 0.652. The van der Waals surface area contributed by atoms with E-state index in [1.807, 2.05) is 6.92 Å². The maximum absolute atomic E-state index is 11.2. The molecule has 0 aromatic carbocycles. The zero-order chi connectivity index (χ0) is 9.84. The lowest BCUT2D eigenvalue weighted by molar-refractivity contribution is 0.273. The Kier molecular flexibility index (Phi) is 3.39. The molecule has 0 aliphatic rings. The van der Waals surface area contributed by atoms with Crippen LogP contribution in [0.25, 0.3) is 0 Å². The molecular formula is C8H12N2O2S. The van der Waals surface area contributed by atoms with Crippen LogP contribution in [0.3, 0.4) is 0 Å². The molecule has 72 valence electrons. The summed E-state index contributed by atoms with van der Waals surface area (Å²) in [7, 11) is 0. The van der Waals surface area contributed by atoms with E-state index >= 15 is 0 Å². The van der Waals surface area contributed by atoms with Crippen LogP contribution in [0.4, 0.5) is 0 Å². The first-order valence-electron chi connectivity index (χ1n) is 4.12. The van der Waals surface area contributed by atoms with Crippen LogP contribution in [-0.4, -0.2) is 21.3 Å². The zero-order valence-electron chi connectivity index (χ0n) is 7.41. The topological polar surface area (TPSA) is 58.0 Å². The number of hydrogen-bond donors (Lipinski definition) is 2. The lowest BCUT2D eigenvalue weighted by atomic mass is 10.3. The van der Waals surface area contributed by atoms with E-state index in [0.717, 1.165) is 12.0 Å². The summed E-state index contributed by atoms with van der Waals surface area (Å²) in [5.74, 6) is 0. The van der Waals surface area contributed by atoms with Gasteiger partial charge in [-0.15, -0.1) is 0 Å². The van der Waals surface area contributed by atoms with Crippen LogP contribution in [0.2, 0.25) is 0 Å². The van der Waals surface area contributed by atoms with Crippen molar-refractivity contribution < 1.29 is 5.11 Å². The normalized spacial score (nSPS) is 10.3. The minimum Gasteiger partial charge on any atom is -0.395 e. The smallest absolute Gasteiger partial charge is 0.326 e. The fourth-order valence-corrected chi connectivity index (χ4v) is 1.36. The molecule has 0 aliphatic carbocycles. The number of rotatable bonds is 3. The second-order valence-corrected chi connectivity index (χ2v) is 3.09. The van der Waals surface area contributed by atoms with Gasteiger partial charge in [-0.25, -0.2) is 4.79 Å². The van der Waals surface area contributed by atoms with E-state index < -0.39 is 0 Å². The Bertz CT molecular complexity index is 394. The molecule has 1 aromatic heterocycles. The van der Waals surface area contributed by atoms with Crippen LogP contribution in [0.15, 0.2) is 11.0 Å². The standard InChI is InChI=1S/C8H12N2O2S/c1-2-6-5-10(3-4-11)8(12)9-7(6)13/h5,11H,2-4H2,1H3,(H,9,12,13). The summed E-state index contributed by atoms with van der Waals surface area (Å²) < 4.78 is 1.91. The second-order valence-electron chi connectivity index (χ2n) is 2.68. The minimum absolute atomic E-state index is 0.0479. The summed E-state index contributed by atoms with van der Waals surface area (Å²) in [6, 6.07) is 0. The summed E-state index contributed by atoms with van der Waals surface area (Å²) >= 11 is 4.95. The highest BCUT2D eigenvalue weighted by molar-refractivity contribution is 7.71. The average Bonchev–Trinajstić information content (AvgIpc) is 2.10. The number of aromatic nitrogens is 2. The van der Waals surface area contributed by atoms with E-state index in [4.69, 9.17) is 17.3 Å². The molecule has 5 heteroatoms. The molecule has 0 aliphatic heterocycles. The first kappa shape index (κ1) is 10.1. The molecule has 0 fully saturated rings. The summed E-state index contributed by atoms with van der Waals surface area (Å²) in [6.45, 7) is 2.22. The number of aromatic amines is 1.